The van der Waals surface area contributed by atoms with Crippen molar-refractivity contribution in [2.45, 2.75) is 20.8 Å². The summed E-state index contributed by atoms with van der Waals surface area (Å²) in [6.07, 6.45) is 8.46. The van der Waals surface area contributed by atoms with Gasteiger partial charge in [-0.2, -0.15) is 10.2 Å². The molecule has 0 aliphatic heterocycles. The predicted octanol–water partition coefficient (Wildman–Crippen LogP) is 5.22. The third-order valence-electron chi connectivity index (χ3n) is 6.68. The highest BCUT2D eigenvalue weighted by Crippen LogP contribution is 2.43. The summed E-state index contributed by atoms with van der Waals surface area (Å²) in [4.78, 5) is 20.2. The summed E-state index contributed by atoms with van der Waals surface area (Å²) in [5.41, 5.74) is 8.29. The summed E-state index contributed by atoms with van der Waals surface area (Å²) in [6, 6.07) is 3.27. The number of benzene rings is 1. The number of nitrogens with one attached hydrogen (secondary N) is 2. The van der Waals surface area contributed by atoms with Crippen LogP contribution < -0.4 is 5.32 Å². The Hall–Kier alpha value is -4.53. The number of pyridine rings is 1. The molecule has 0 fully saturated rings. The number of aryl methyl sites for hydroxylation is 3. The highest BCUT2D eigenvalue weighted by molar-refractivity contribution is 6.07. The van der Waals surface area contributed by atoms with Gasteiger partial charge < -0.3 is 10.3 Å². The number of nitrogens with zero attached hydrogens (tertiary/aromatic N) is 5. The molecule has 4 heterocycles. The number of fused-ring (bicyclic) bond motifs is 1. The molecule has 182 valence electrons. The molecule has 0 saturated heterocycles. The topological polar surface area (TPSA) is 93.4 Å². The van der Waals surface area contributed by atoms with Crippen molar-refractivity contribution in [3.63, 3.8) is 0 Å². The molecule has 5 rings (SSSR count). The quantitative estimate of drug-likeness (QED) is 0.335. The first-order chi connectivity index (χ1) is 17.2. The van der Waals surface area contributed by atoms with Crippen molar-refractivity contribution in [3.8, 4) is 33.5 Å². The van der Waals surface area contributed by atoms with Crippen molar-refractivity contribution in [1.82, 2.24) is 29.5 Å². The lowest BCUT2D eigenvalue weighted by molar-refractivity contribution is -0.111. The van der Waals surface area contributed by atoms with Gasteiger partial charge in [0.15, 0.2) is 0 Å². The fraction of sp³-hybridized carbons (Fsp3) is 0.185. The number of aromatic amines is 1. The molecular formula is C27H26FN7O. The van der Waals surface area contributed by atoms with E-state index < -0.39 is 11.7 Å². The molecule has 36 heavy (non-hydrogen) atoms. The molecule has 0 spiro atoms. The number of anilines is 1. The molecule has 9 heteroatoms. The van der Waals surface area contributed by atoms with Crippen LogP contribution in [0, 0.1) is 26.6 Å². The molecule has 0 aliphatic carbocycles. The zero-order valence-electron chi connectivity index (χ0n) is 20.8. The van der Waals surface area contributed by atoms with Crippen molar-refractivity contribution in [2.75, 3.05) is 5.32 Å². The lowest BCUT2D eigenvalue weighted by atomic mass is 9.93. The van der Waals surface area contributed by atoms with E-state index in [2.05, 4.69) is 27.1 Å². The highest BCUT2D eigenvalue weighted by atomic mass is 19.1. The third kappa shape index (κ3) is 3.69. The monoisotopic (exact) mass is 483 g/mol. The number of amides is 1. The van der Waals surface area contributed by atoms with Crippen molar-refractivity contribution in [2.24, 2.45) is 14.1 Å². The minimum atomic E-state index is -0.428. The number of H-pyrrole nitrogens is 1. The van der Waals surface area contributed by atoms with Gasteiger partial charge in [-0.05, 0) is 50.1 Å². The number of carbonyl (C=O) groups is 1. The summed E-state index contributed by atoms with van der Waals surface area (Å²) in [5, 5.41) is 12.3. The van der Waals surface area contributed by atoms with Crippen LogP contribution in [-0.2, 0) is 18.9 Å². The smallest absolute Gasteiger partial charge is 0.247 e. The van der Waals surface area contributed by atoms with E-state index >= 15 is 4.39 Å². The van der Waals surface area contributed by atoms with Crippen LogP contribution >= 0.6 is 0 Å². The Labute approximate surface area is 207 Å². The summed E-state index contributed by atoms with van der Waals surface area (Å²) in [6.45, 7) is 9.17. The fourth-order valence-corrected chi connectivity index (χ4v) is 4.54. The van der Waals surface area contributed by atoms with Gasteiger partial charge in [0, 0.05) is 71.1 Å². The second-order valence-electron chi connectivity index (χ2n) is 8.89. The Balaban J connectivity index is 1.84. The zero-order chi connectivity index (χ0) is 25.7. The number of carbonyl (C=O) groups excluding carboxylic acids is 1. The van der Waals surface area contributed by atoms with E-state index in [4.69, 9.17) is 4.98 Å². The first-order valence-corrected chi connectivity index (χ1v) is 11.4. The minimum Gasteiger partial charge on any atom is -0.339 e. The Morgan fingerprint density at radius 1 is 1.06 bits per heavy atom. The molecule has 1 amide bonds. The maximum atomic E-state index is 15.2. The van der Waals surface area contributed by atoms with Crippen molar-refractivity contribution >= 4 is 22.6 Å². The molecule has 0 atom stereocenters. The van der Waals surface area contributed by atoms with E-state index in [1.807, 2.05) is 51.2 Å². The molecule has 0 unspecified atom stereocenters. The van der Waals surface area contributed by atoms with Gasteiger partial charge in [0.2, 0.25) is 5.91 Å². The molecule has 0 aliphatic rings. The van der Waals surface area contributed by atoms with E-state index in [0.29, 0.717) is 22.5 Å². The predicted molar refractivity (Wildman–Crippen MR) is 139 cm³/mol. The summed E-state index contributed by atoms with van der Waals surface area (Å²) < 4.78 is 18.7. The SMILES string of the molecule is C=CC(=O)Nc1cc(-c2c(-c3cnn(C)c3)[nH]c3ncc(-c4cnn(C)c4C)c(C)c23)cc(F)c1C. The van der Waals surface area contributed by atoms with E-state index in [9.17, 15) is 4.79 Å². The minimum absolute atomic E-state index is 0.346. The molecule has 0 saturated carbocycles. The molecule has 1 aromatic carbocycles. The summed E-state index contributed by atoms with van der Waals surface area (Å²) in [5.74, 6) is -0.837. The van der Waals surface area contributed by atoms with Crippen LogP contribution in [-0.4, -0.2) is 35.4 Å². The Kier molecular flexibility index (Phi) is 5.55. The normalized spacial score (nSPS) is 11.3. The van der Waals surface area contributed by atoms with Gasteiger partial charge in [-0.25, -0.2) is 9.37 Å². The van der Waals surface area contributed by atoms with E-state index in [0.717, 1.165) is 50.7 Å². The second-order valence-corrected chi connectivity index (χ2v) is 8.89. The summed E-state index contributed by atoms with van der Waals surface area (Å²) in [7, 11) is 3.74. The largest absolute Gasteiger partial charge is 0.339 e. The van der Waals surface area contributed by atoms with Crippen molar-refractivity contribution in [3.05, 3.63) is 72.2 Å². The lowest BCUT2D eigenvalue weighted by Crippen LogP contribution is -2.09. The van der Waals surface area contributed by atoms with Crippen LogP contribution in [0.4, 0.5) is 10.1 Å². The van der Waals surface area contributed by atoms with Gasteiger partial charge in [-0.1, -0.05) is 6.58 Å². The van der Waals surface area contributed by atoms with Gasteiger partial charge >= 0.3 is 0 Å². The lowest BCUT2D eigenvalue weighted by Gasteiger charge is -2.13. The summed E-state index contributed by atoms with van der Waals surface area (Å²) >= 11 is 0. The number of rotatable bonds is 5. The first-order valence-electron chi connectivity index (χ1n) is 11.4. The molecule has 5 aromatic rings. The second kappa shape index (κ2) is 8.60. The van der Waals surface area contributed by atoms with E-state index in [-0.39, 0.29) is 0 Å². The molecule has 8 nitrogen and oxygen atoms in total. The number of hydrogen-bond donors (Lipinski definition) is 2. The number of aromatic nitrogens is 6. The standard InChI is InChI=1S/C27H26FN7O/c1-7-23(36)32-22-9-17(8-21(28)15(22)3)25-24-14(2)19(20-12-31-35(6)16(20)4)11-29-27(24)33-26(25)18-10-30-34(5)13-18/h7-13H,1H2,2-6H3,(H,29,33)(H,32,36). The van der Waals surface area contributed by atoms with Crippen LogP contribution in [0.1, 0.15) is 16.8 Å². The molecular weight excluding hydrogens is 457 g/mol. The Bertz CT molecular complexity index is 1670. The van der Waals surface area contributed by atoms with Crippen LogP contribution in [0.5, 0.6) is 0 Å². The average Bonchev–Trinajstić information content (AvgIpc) is 3.54. The van der Waals surface area contributed by atoms with Crippen LogP contribution in [0.3, 0.4) is 0 Å². The van der Waals surface area contributed by atoms with E-state index in [1.54, 1.807) is 23.9 Å². The molecule has 4 aromatic heterocycles. The molecule has 0 radical (unpaired) electrons. The average molecular weight is 484 g/mol. The Morgan fingerprint density at radius 3 is 2.47 bits per heavy atom. The van der Waals surface area contributed by atoms with Gasteiger partial charge in [-0.15, -0.1) is 0 Å². The first kappa shape index (κ1) is 23.2. The number of halogens is 1. The molecule has 2 N–H and O–H groups in total. The Morgan fingerprint density at radius 2 is 1.83 bits per heavy atom. The number of hydrogen-bond acceptors (Lipinski definition) is 4. The van der Waals surface area contributed by atoms with E-state index in [1.165, 1.54) is 6.07 Å². The third-order valence-corrected chi connectivity index (χ3v) is 6.68. The van der Waals surface area contributed by atoms with Gasteiger partial charge in [0.1, 0.15) is 11.5 Å². The molecule has 0 bridgehead atoms. The van der Waals surface area contributed by atoms with Crippen LogP contribution in [0.15, 0.2) is 49.6 Å². The van der Waals surface area contributed by atoms with Gasteiger partial charge in [-0.3, -0.25) is 14.2 Å². The van der Waals surface area contributed by atoms with Gasteiger partial charge in [0.05, 0.1) is 18.1 Å². The maximum absolute atomic E-state index is 15.2. The van der Waals surface area contributed by atoms with Crippen LogP contribution in [0.2, 0.25) is 0 Å². The van der Waals surface area contributed by atoms with Crippen molar-refractivity contribution in [1.29, 1.82) is 0 Å². The zero-order valence-corrected chi connectivity index (χ0v) is 20.8. The fourth-order valence-electron chi connectivity index (χ4n) is 4.54. The maximum Gasteiger partial charge on any atom is 0.247 e. The van der Waals surface area contributed by atoms with Crippen molar-refractivity contribution < 1.29 is 9.18 Å². The van der Waals surface area contributed by atoms with Gasteiger partial charge in [0.25, 0.3) is 0 Å². The highest BCUT2D eigenvalue weighted by Gasteiger charge is 2.23. The van der Waals surface area contributed by atoms with Crippen LogP contribution in [0.25, 0.3) is 44.5 Å².